The van der Waals surface area contributed by atoms with Crippen LogP contribution in [0.15, 0.2) is 53.6 Å². The van der Waals surface area contributed by atoms with Gasteiger partial charge in [0, 0.05) is 18.3 Å². The smallest absolute Gasteiger partial charge is 0.433 e. The van der Waals surface area contributed by atoms with E-state index in [-0.39, 0.29) is 40.9 Å². The zero-order valence-electron chi connectivity index (χ0n) is 19.4. The summed E-state index contributed by atoms with van der Waals surface area (Å²) >= 11 is 0. The topological polar surface area (TPSA) is 114 Å². The van der Waals surface area contributed by atoms with E-state index in [1.165, 1.54) is 19.2 Å². The van der Waals surface area contributed by atoms with Gasteiger partial charge in [0.1, 0.15) is 17.6 Å². The third-order valence-corrected chi connectivity index (χ3v) is 7.58. The molecule has 196 valence electrons. The summed E-state index contributed by atoms with van der Waals surface area (Å²) < 4.78 is 83.9. The molecule has 0 radical (unpaired) electrons. The van der Waals surface area contributed by atoms with Crippen LogP contribution in [0, 0.1) is 5.82 Å². The van der Waals surface area contributed by atoms with Crippen molar-refractivity contribution >= 4 is 15.9 Å². The Kier molecular flexibility index (Phi) is 7.41. The van der Waals surface area contributed by atoms with Gasteiger partial charge in [-0.3, -0.25) is 9.78 Å². The number of carbonyl (C=O) groups is 1. The summed E-state index contributed by atoms with van der Waals surface area (Å²) in [5.41, 5.74) is -0.283. The number of methoxy groups -OCH3 is 1. The number of hydrogen-bond donors (Lipinski definition) is 1. The Bertz CT molecular complexity index is 1380. The van der Waals surface area contributed by atoms with Crippen molar-refractivity contribution in [2.24, 2.45) is 0 Å². The van der Waals surface area contributed by atoms with E-state index in [0.29, 0.717) is 12.8 Å². The molecule has 1 aliphatic heterocycles. The highest BCUT2D eigenvalue weighted by Gasteiger charge is 2.39. The van der Waals surface area contributed by atoms with Crippen molar-refractivity contribution in [1.29, 1.82) is 0 Å². The van der Waals surface area contributed by atoms with Crippen LogP contribution in [0.4, 0.5) is 17.6 Å². The maximum atomic E-state index is 13.2. The van der Waals surface area contributed by atoms with Crippen LogP contribution in [0.5, 0.6) is 6.01 Å². The summed E-state index contributed by atoms with van der Waals surface area (Å²) in [6.07, 6.45) is -2.81. The molecule has 0 bridgehead atoms. The third kappa shape index (κ3) is 5.85. The van der Waals surface area contributed by atoms with Crippen molar-refractivity contribution in [3.05, 3.63) is 65.9 Å². The number of aromatic nitrogens is 3. The van der Waals surface area contributed by atoms with Crippen LogP contribution in [0.25, 0.3) is 11.3 Å². The van der Waals surface area contributed by atoms with Gasteiger partial charge in [0.25, 0.3) is 0 Å². The zero-order chi connectivity index (χ0) is 26.8. The van der Waals surface area contributed by atoms with Gasteiger partial charge in [0.05, 0.1) is 29.9 Å². The molecule has 37 heavy (non-hydrogen) atoms. The van der Waals surface area contributed by atoms with Gasteiger partial charge < -0.3 is 10.1 Å². The Morgan fingerprint density at radius 2 is 1.89 bits per heavy atom. The number of alkyl halides is 3. The Balaban J connectivity index is 1.50. The van der Waals surface area contributed by atoms with Crippen LogP contribution in [-0.4, -0.2) is 53.3 Å². The van der Waals surface area contributed by atoms with Crippen molar-refractivity contribution in [2.75, 3.05) is 13.7 Å². The number of amides is 1. The number of carbonyl (C=O) groups excluding carboxylic acids is 1. The van der Waals surface area contributed by atoms with Gasteiger partial charge in [-0.25, -0.2) is 12.8 Å². The summed E-state index contributed by atoms with van der Waals surface area (Å²) in [5.74, 6) is -1.14. The number of nitrogens with zero attached hydrogens (tertiary/aromatic N) is 4. The molecule has 1 N–H and O–H groups in total. The second-order valence-electron chi connectivity index (χ2n) is 8.11. The highest BCUT2D eigenvalue weighted by atomic mass is 32.2. The van der Waals surface area contributed by atoms with Gasteiger partial charge in [-0.15, -0.1) is 0 Å². The first-order valence-electron chi connectivity index (χ1n) is 11.0. The van der Waals surface area contributed by atoms with Crippen LogP contribution in [-0.2, 0) is 27.5 Å². The molecule has 1 aromatic carbocycles. The summed E-state index contributed by atoms with van der Waals surface area (Å²) in [6.45, 7) is 0.00388. The van der Waals surface area contributed by atoms with Gasteiger partial charge in [-0.2, -0.15) is 27.4 Å². The fourth-order valence-corrected chi connectivity index (χ4v) is 5.50. The monoisotopic (exact) mass is 539 g/mol. The van der Waals surface area contributed by atoms with E-state index in [2.05, 4.69) is 20.3 Å². The number of benzene rings is 1. The van der Waals surface area contributed by atoms with Crippen molar-refractivity contribution < 1.29 is 35.5 Å². The molecule has 3 aromatic rings. The molecule has 1 amide bonds. The standard InChI is InChI=1S/C23H21F4N5O4S/c1-36-22-30-16(11-18(31-22)14-4-9-20(28-12-14)23(25,26)27)13-29-21(33)19-3-2-10-32(19)37(34,35)17-7-5-15(24)6-8-17/h4-9,11-12,19H,2-3,10,13H2,1H3,(H,29,33)/t19-/m0/s1. The van der Waals surface area contributed by atoms with E-state index in [4.69, 9.17) is 4.74 Å². The third-order valence-electron chi connectivity index (χ3n) is 5.66. The lowest BCUT2D eigenvalue weighted by Gasteiger charge is -2.23. The summed E-state index contributed by atoms with van der Waals surface area (Å²) in [5, 5.41) is 2.65. The van der Waals surface area contributed by atoms with E-state index in [0.717, 1.165) is 40.8 Å². The van der Waals surface area contributed by atoms with Crippen LogP contribution >= 0.6 is 0 Å². The fraction of sp³-hybridized carbons (Fsp3) is 0.304. The number of halogens is 4. The van der Waals surface area contributed by atoms with Gasteiger partial charge in [0.15, 0.2) is 0 Å². The first-order valence-corrected chi connectivity index (χ1v) is 12.4. The predicted octanol–water partition coefficient (Wildman–Crippen LogP) is 3.17. The average molecular weight is 540 g/mol. The number of hydrogen-bond acceptors (Lipinski definition) is 7. The normalized spacial score (nSPS) is 16.5. The first-order chi connectivity index (χ1) is 17.5. The molecule has 1 atom stereocenters. The molecular weight excluding hydrogens is 518 g/mol. The largest absolute Gasteiger partial charge is 0.467 e. The van der Waals surface area contributed by atoms with E-state index in [1.54, 1.807) is 0 Å². The highest BCUT2D eigenvalue weighted by molar-refractivity contribution is 7.89. The molecule has 4 rings (SSSR count). The zero-order valence-corrected chi connectivity index (χ0v) is 20.2. The highest BCUT2D eigenvalue weighted by Crippen LogP contribution is 2.29. The average Bonchev–Trinajstić information content (AvgIpc) is 3.38. The summed E-state index contributed by atoms with van der Waals surface area (Å²) in [4.78, 5) is 24.5. The Labute approximate surface area is 209 Å². The maximum absolute atomic E-state index is 13.2. The van der Waals surface area contributed by atoms with Crippen molar-refractivity contribution in [3.63, 3.8) is 0 Å². The second kappa shape index (κ2) is 10.4. The molecule has 0 unspecified atom stereocenters. The molecule has 2 aromatic heterocycles. The van der Waals surface area contributed by atoms with Crippen LogP contribution in [0.2, 0.25) is 0 Å². The van der Waals surface area contributed by atoms with E-state index >= 15 is 0 Å². The number of pyridine rings is 1. The van der Waals surface area contributed by atoms with Gasteiger partial charge in [-0.1, -0.05) is 0 Å². The van der Waals surface area contributed by atoms with Crippen molar-refractivity contribution in [3.8, 4) is 17.3 Å². The quantitative estimate of drug-likeness (QED) is 0.459. The van der Waals surface area contributed by atoms with Gasteiger partial charge in [-0.05, 0) is 55.3 Å². The van der Waals surface area contributed by atoms with Crippen LogP contribution < -0.4 is 10.1 Å². The van der Waals surface area contributed by atoms with E-state index in [1.807, 2.05) is 0 Å². The van der Waals surface area contributed by atoms with Crippen LogP contribution in [0.3, 0.4) is 0 Å². The van der Waals surface area contributed by atoms with Gasteiger partial charge >= 0.3 is 12.2 Å². The number of nitrogens with one attached hydrogen (secondary N) is 1. The molecule has 1 aliphatic rings. The molecule has 0 aliphatic carbocycles. The first kappa shape index (κ1) is 26.4. The Hall–Kier alpha value is -3.65. The Morgan fingerprint density at radius 1 is 1.16 bits per heavy atom. The van der Waals surface area contributed by atoms with Crippen molar-refractivity contribution in [2.45, 2.75) is 36.5 Å². The van der Waals surface area contributed by atoms with Gasteiger partial charge in [0.2, 0.25) is 15.9 Å². The maximum Gasteiger partial charge on any atom is 0.433 e. The lowest BCUT2D eigenvalue weighted by molar-refractivity contribution is -0.141. The summed E-state index contributed by atoms with van der Waals surface area (Å²) in [6, 6.07) is 6.77. The number of ether oxygens (including phenoxy) is 1. The SMILES string of the molecule is COc1nc(CNC(=O)[C@@H]2CCCN2S(=O)(=O)c2ccc(F)cc2)cc(-c2ccc(C(F)(F)F)nc2)n1. The summed E-state index contributed by atoms with van der Waals surface area (Å²) in [7, 11) is -2.72. The molecule has 0 spiro atoms. The van der Waals surface area contributed by atoms with Crippen molar-refractivity contribution in [1.82, 2.24) is 24.6 Å². The number of rotatable bonds is 7. The Morgan fingerprint density at radius 3 is 2.51 bits per heavy atom. The molecule has 1 fully saturated rings. The number of sulfonamides is 1. The molecule has 14 heteroatoms. The second-order valence-corrected chi connectivity index (χ2v) is 10.00. The molecule has 3 heterocycles. The lowest BCUT2D eigenvalue weighted by Crippen LogP contribution is -2.45. The van der Waals surface area contributed by atoms with E-state index in [9.17, 15) is 30.8 Å². The molecule has 9 nitrogen and oxygen atoms in total. The molecule has 1 saturated heterocycles. The minimum atomic E-state index is -4.59. The fourth-order valence-electron chi connectivity index (χ4n) is 3.84. The van der Waals surface area contributed by atoms with Crippen LogP contribution in [0.1, 0.15) is 24.2 Å². The lowest BCUT2D eigenvalue weighted by atomic mass is 10.1. The molecular formula is C23H21F4N5O4S. The minimum Gasteiger partial charge on any atom is -0.467 e. The minimum absolute atomic E-state index is 0.0805. The predicted molar refractivity (Wildman–Crippen MR) is 122 cm³/mol. The van der Waals surface area contributed by atoms with E-state index < -0.39 is 39.7 Å². The molecule has 0 saturated carbocycles.